The summed E-state index contributed by atoms with van der Waals surface area (Å²) in [5.41, 5.74) is 3.08. The highest BCUT2D eigenvalue weighted by atomic mass is 16.3. The van der Waals surface area contributed by atoms with E-state index in [2.05, 4.69) is 35.6 Å². The number of furan rings is 1. The van der Waals surface area contributed by atoms with Crippen LogP contribution in [0.5, 0.6) is 0 Å². The van der Waals surface area contributed by atoms with Gasteiger partial charge in [0.2, 0.25) is 0 Å². The molecule has 0 bridgehead atoms. The van der Waals surface area contributed by atoms with E-state index in [9.17, 15) is 0 Å². The third-order valence-corrected chi connectivity index (χ3v) is 3.98. The predicted octanol–water partition coefficient (Wildman–Crippen LogP) is 3.80. The highest BCUT2D eigenvalue weighted by molar-refractivity contribution is 5.32. The van der Waals surface area contributed by atoms with Crippen molar-refractivity contribution in [1.29, 1.82) is 0 Å². The molecule has 1 aliphatic rings. The Balaban J connectivity index is 1.59. The molecule has 100 valence electrons. The zero-order chi connectivity index (χ0) is 13.1. The molecule has 1 N–H and O–H groups in total. The second kappa shape index (κ2) is 5.62. The Morgan fingerprint density at radius 1 is 1.21 bits per heavy atom. The third kappa shape index (κ3) is 2.90. The number of fused-ring (bicyclic) bond motifs is 1. The van der Waals surface area contributed by atoms with Crippen molar-refractivity contribution in [2.45, 2.75) is 38.6 Å². The van der Waals surface area contributed by atoms with Crippen LogP contribution in [-0.2, 0) is 13.0 Å². The Morgan fingerprint density at radius 3 is 2.95 bits per heavy atom. The number of hydrogen-bond donors (Lipinski definition) is 1. The van der Waals surface area contributed by atoms with Gasteiger partial charge in [-0.25, -0.2) is 0 Å². The van der Waals surface area contributed by atoms with Crippen molar-refractivity contribution in [1.82, 2.24) is 5.32 Å². The second-order valence-corrected chi connectivity index (χ2v) is 5.43. The maximum atomic E-state index is 5.58. The molecular formula is C17H21NO. The smallest absolute Gasteiger partial charge is 0.117 e. The highest BCUT2D eigenvalue weighted by Gasteiger charge is 2.19. The molecule has 1 aliphatic carbocycles. The van der Waals surface area contributed by atoms with Crippen LogP contribution in [0.1, 0.15) is 41.4 Å². The Hall–Kier alpha value is -1.54. The third-order valence-electron chi connectivity index (χ3n) is 3.98. The minimum absolute atomic E-state index is 0.654. The van der Waals surface area contributed by atoms with Crippen molar-refractivity contribution in [2.24, 2.45) is 0 Å². The molecule has 0 saturated heterocycles. The average molecular weight is 255 g/mol. The summed E-state index contributed by atoms with van der Waals surface area (Å²) in [6.07, 6.45) is 3.84. The van der Waals surface area contributed by atoms with E-state index in [-0.39, 0.29) is 0 Å². The fourth-order valence-electron chi connectivity index (χ4n) is 3.02. The van der Waals surface area contributed by atoms with Crippen molar-refractivity contribution in [3.8, 4) is 0 Å². The van der Waals surface area contributed by atoms with Crippen molar-refractivity contribution in [2.75, 3.05) is 6.54 Å². The molecule has 1 atom stereocenters. The first kappa shape index (κ1) is 12.5. The van der Waals surface area contributed by atoms with Gasteiger partial charge in [-0.1, -0.05) is 24.3 Å². The Morgan fingerprint density at radius 2 is 2.11 bits per heavy atom. The fourth-order valence-corrected chi connectivity index (χ4v) is 3.02. The first-order valence-corrected chi connectivity index (χ1v) is 7.17. The van der Waals surface area contributed by atoms with Gasteiger partial charge in [-0.15, -0.1) is 0 Å². The summed E-state index contributed by atoms with van der Waals surface area (Å²) in [5.74, 6) is 2.67. The lowest BCUT2D eigenvalue weighted by molar-refractivity contribution is 0.443. The lowest BCUT2D eigenvalue weighted by Crippen LogP contribution is -2.24. The van der Waals surface area contributed by atoms with Crippen LogP contribution < -0.4 is 5.32 Å². The zero-order valence-electron chi connectivity index (χ0n) is 11.5. The molecule has 2 nitrogen and oxygen atoms in total. The quantitative estimate of drug-likeness (QED) is 0.899. The lowest BCUT2D eigenvalue weighted by Gasteiger charge is -2.25. The molecule has 1 unspecified atom stereocenters. The fraction of sp³-hybridized carbons (Fsp3) is 0.412. The molecule has 0 spiro atoms. The van der Waals surface area contributed by atoms with E-state index in [1.807, 2.05) is 13.0 Å². The molecule has 0 aliphatic heterocycles. The maximum absolute atomic E-state index is 5.58. The first-order chi connectivity index (χ1) is 9.33. The second-order valence-electron chi connectivity index (χ2n) is 5.43. The van der Waals surface area contributed by atoms with Gasteiger partial charge in [0.25, 0.3) is 0 Å². The van der Waals surface area contributed by atoms with Gasteiger partial charge in [0, 0.05) is 6.54 Å². The lowest BCUT2D eigenvalue weighted by atomic mass is 9.83. The van der Waals surface area contributed by atoms with Gasteiger partial charge in [0.1, 0.15) is 11.5 Å². The summed E-state index contributed by atoms with van der Waals surface area (Å²) >= 11 is 0. The summed E-state index contributed by atoms with van der Waals surface area (Å²) in [6, 6.07) is 13.0. The molecule has 1 aromatic carbocycles. The van der Waals surface area contributed by atoms with E-state index in [1.165, 1.54) is 30.4 Å². The summed E-state index contributed by atoms with van der Waals surface area (Å²) in [6.45, 7) is 3.85. The van der Waals surface area contributed by atoms with Crippen LogP contribution in [0.4, 0.5) is 0 Å². The minimum atomic E-state index is 0.654. The van der Waals surface area contributed by atoms with Crippen LogP contribution in [-0.4, -0.2) is 6.54 Å². The maximum Gasteiger partial charge on any atom is 0.117 e. The van der Waals surface area contributed by atoms with Gasteiger partial charge in [0.15, 0.2) is 0 Å². The number of rotatable bonds is 4. The van der Waals surface area contributed by atoms with E-state index in [0.29, 0.717) is 5.92 Å². The Labute approximate surface area is 114 Å². The first-order valence-electron chi connectivity index (χ1n) is 7.17. The zero-order valence-corrected chi connectivity index (χ0v) is 11.5. The number of benzene rings is 1. The van der Waals surface area contributed by atoms with Crippen molar-refractivity contribution in [3.63, 3.8) is 0 Å². The van der Waals surface area contributed by atoms with E-state index in [0.717, 1.165) is 24.6 Å². The molecule has 3 rings (SSSR count). The van der Waals surface area contributed by atoms with Crippen LogP contribution in [0.25, 0.3) is 0 Å². The van der Waals surface area contributed by atoms with E-state index in [4.69, 9.17) is 4.42 Å². The van der Waals surface area contributed by atoms with Crippen molar-refractivity contribution >= 4 is 0 Å². The van der Waals surface area contributed by atoms with Gasteiger partial charge in [-0.3, -0.25) is 0 Å². The number of nitrogens with one attached hydrogen (secondary N) is 1. The van der Waals surface area contributed by atoms with Crippen LogP contribution in [0.2, 0.25) is 0 Å². The molecule has 0 fully saturated rings. The SMILES string of the molecule is Cc1ccc(CNCC2CCCc3ccccc32)o1. The molecule has 2 heteroatoms. The summed E-state index contributed by atoms with van der Waals surface area (Å²) in [5, 5.41) is 3.53. The van der Waals surface area contributed by atoms with Gasteiger partial charge < -0.3 is 9.73 Å². The average Bonchev–Trinajstić information content (AvgIpc) is 2.85. The summed E-state index contributed by atoms with van der Waals surface area (Å²) in [4.78, 5) is 0. The summed E-state index contributed by atoms with van der Waals surface area (Å²) < 4.78 is 5.58. The largest absolute Gasteiger partial charge is 0.465 e. The van der Waals surface area contributed by atoms with Crippen molar-refractivity contribution in [3.05, 3.63) is 59.0 Å². The predicted molar refractivity (Wildman–Crippen MR) is 77.3 cm³/mol. The monoisotopic (exact) mass is 255 g/mol. The molecule has 1 aromatic heterocycles. The normalized spacial score (nSPS) is 18.3. The van der Waals surface area contributed by atoms with Gasteiger partial charge in [0.05, 0.1) is 6.54 Å². The number of hydrogen-bond acceptors (Lipinski definition) is 2. The summed E-state index contributed by atoms with van der Waals surface area (Å²) in [7, 11) is 0. The van der Waals surface area contributed by atoms with E-state index < -0.39 is 0 Å². The topological polar surface area (TPSA) is 25.2 Å². The van der Waals surface area contributed by atoms with Gasteiger partial charge >= 0.3 is 0 Å². The van der Waals surface area contributed by atoms with Crippen LogP contribution >= 0.6 is 0 Å². The van der Waals surface area contributed by atoms with Gasteiger partial charge in [-0.2, -0.15) is 0 Å². The van der Waals surface area contributed by atoms with E-state index in [1.54, 1.807) is 0 Å². The molecule has 0 radical (unpaired) electrons. The highest BCUT2D eigenvalue weighted by Crippen LogP contribution is 2.30. The molecule has 1 heterocycles. The Kier molecular flexibility index (Phi) is 3.69. The van der Waals surface area contributed by atoms with E-state index >= 15 is 0 Å². The molecular weight excluding hydrogens is 234 g/mol. The minimum Gasteiger partial charge on any atom is -0.465 e. The molecule has 2 aromatic rings. The van der Waals surface area contributed by atoms with Crippen LogP contribution in [0.15, 0.2) is 40.8 Å². The Bertz CT molecular complexity index is 544. The molecule has 19 heavy (non-hydrogen) atoms. The standard InChI is InChI=1S/C17H21NO/c1-13-9-10-16(19-13)12-18-11-15-7-4-6-14-5-2-3-8-17(14)15/h2-3,5,8-10,15,18H,4,6-7,11-12H2,1H3. The molecule has 0 saturated carbocycles. The van der Waals surface area contributed by atoms with Crippen LogP contribution in [0, 0.1) is 6.92 Å². The number of aryl methyl sites for hydroxylation is 2. The van der Waals surface area contributed by atoms with Crippen LogP contribution in [0.3, 0.4) is 0 Å². The van der Waals surface area contributed by atoms with Gasteiger partial charge in [-0.05, 0) is 55.4 Å². The van der Waals surface area contributed by atoms with Crippen molar-refractivity contribution < 1.29 is 4.42 Å². The molecule has 0 amide bonds.